The number of carbonyl (C=O) groups is 1. The van der Waals surface area contributed by atoms with Crippen LogP contribution >= 0.6 is 11.6 Å². The van der Waals surface area contributed by atoms with E-state index in [0.29, 0.717) is 41.1 Å². The number of halogens is 2. The van der Waals surface area contributed by atoms with Gasteiger partial charge in [0.25, 0.3) is 5.91 Å². The molecule has 0 bridgehead atoms. The van der Waals surface area contributed by atoms with Crippen LogP contribution in [0.25, 0.3) is 0 Å². The normalized spacial score (nSPS) is 12.4. The van der Waals surface area contributed by atoms with Crippen molar-refractivity contribution in [2.75, 3.05) is 13.1 Å². The van der Waals surface area contributed by atoms with E-state index in [1.54, 1.807) is 24.3 Å². The molecule has 0 aromatic heterocycles. The standard InChI is InChI=1S/C28H32ClFN2O4/c1-28(2,32-16-26(35)20-7-9-25(34)22(13-20)17-33)15-18-4-3-5-21(12-18)27(36)31-11-10-19-6-8-23(30)14-24(19)29/h3-9,12-14,26,32-35H,10-11,15-17H2,1-2H3,(H,31,36)/t26-/m1/s1. The summed E-state index contributed by atoms with van der Waals surface area (Å²) in [5.74, 6) is -0.610. The van der Waals surface area contributed by atoms with Crippen molar-refractivity contribution < 1.29 is 24.5 Å². The second-order valence-electron chi connectivity index (χ2n) is 9.45. The van der Waals surface area contributed by atoms with Gasteiger partial charge in [-0.3, -0.25) is 4.79 Å². The Hall–Kier alpha value is -2.97. The molecule has 0 fully saturated rings. The summed E-state index contributed by atoms with van der Waals surface area (Å²) < 4.78 is 13.2. The average Bonchev–Trinajstić information content (AvgIpc) is 2.84. The van der Waals surface area contributed by atoms with Gasteiger partial charge in [0, 0.05) is 34.8 Å². The maximum atomic E-state index is 13.2. The van der Waals surface area contributed by atoms with E-state index in [1.165, 1.54) is 18.2 Å². The van der Waals surface area contributed by atoms with Gasteiger partial charge in [0.1, 0.15) is 11.6 Å². The zero-order valence-electron chi connectivity index (χ0n) is 20.4. The lowest BCUT2D eigenvalue weighted by atomic mass is 9.93. The van der Waals surface area contributed by atoms with E-state index in [4.69, 9.17) is 11.6 Å². The molecular formula is C28H32ClFN2O4. The molecule has 0 saturated heterocycles. The van der Waals surface area contributed by atoms with E-state index in [-0.39, 0.29) is 30.3 Å². The lowest BCUT2D eigenvalue weighted by Gasteiger charge is -2.28. The molecule has 3 rings (SSSR count). The monoisotopic (exact) mass is 514 g/mol. The fourth-order valence-electron chi connectivity index (χ4n) is 3.96. The number of aromatic hydroxyl groups is 1. The number of β-amino-alcohol motifs (C(OH)–C–C–N with tert-alkyl or cyclic N) is 1. The highest BCUT2D eigenvalue weighted by Crippen LogP contribution is 2.23. The number of amides is 1. The molecule has 8 heteroatoms. The first-order valence-corrected chi connectivity index (χ1v) is 12.1. The van der Waals surface area contributed by atoms with Crippen LogP contribution in [0, 0.1) is 5.82 Å². The predicted octanol–water partition coefficient (Wildman–Crippen LogP) is 4.29. The predicted molar refractivity (Wildman–Crippen MR) is 139 cm³/mol. The molecule has 0 saturated carbocycles. The fraction of sp³-hybridized carbons (Fsp3) is 0.321. The molecule has 0 aliphatic carbocycles. The second kappa shape index (κ2) is 12.3. The Morgan fingerprint density at radius 1 is 1.08 bits per heavy atom. The Kier molecular flexibility index (Phi) is 9.45. The summed E-state index contributed by atoms with van der Waals surface area (Å²) in [7, 11) is 0. The van der Waals surface area contributed by atoms with Crippen LogP contribution in [0.15, 0.2) is 60.7 Å². The van der Waals surface area contributed by atoms with Crippen LogP contribution in [0.4, 0.5) is 4.39 Å². The first kappa shape index (κ1) is 27.6. The van der Waals surface area contributed by atoms with E-state index >= 15 is 0 Å². The van der Waals surface area contributed by atoms with Crippen molar-refractivity contribution in [2.45, 2.75) is 44.9 Å². The highest BCUT2D eigenvalue weighted by Gasteiger charge is 2.21. The maximum Gasteiger partial charge on any atom is 0.251 e. The van der Waals surface area contributed by atoms with Gasteiger partial charge in [0.2, 0.25) is 0 Å². The van der Waals surface area contributed by atoms with Crippen LogP contribution in [-0.4, -0.2) is 39.9 Å². The van der Waals surface area contributed by atoms with E-state index < -0.39 is 11.9 Å². The summed E-state index contributed by atoms with van der Waals surface area (Å²) in [5, 5.41) is 36.2. The topological polar surface area (TPSA) is 102 Å². The van der Waals surface area contributed by atoms with Gasteiger partial charge < -0.3 is 26.0 Å². The van der Waals surface area contributed by atoms with Crippen molar-refractivity contribution in [1.29, 1.82) is 0 Å². The van der Waals surface area contributed by atoms with Crippen LogP contribution in [0.1, 0.15) is 52.6 Å². The molecule has 6 nitrogen and oxygen atoms in total. The summed E-state index contributed by atoms with van der Waals surface area (Å²) in [5.41, 5.74) is 2.84. The van der Waals surface area contributed by atoms with Crippen LogP contribution < -0.4 is 10.6 Å². The Morgan fingerprint density at radius 3 is 2.58 bits per heavy atom. The van der Waals surface area contributed by atoms with Gasteiger partial charge in [0.05, 0.1) is 12.7 Å². The number of rotatable bonds is 11. The van der Waals surface area contributed by atoms with Crippen molar-refractivity contribution in [3.63, 3.8) is 0 Å². The summed E-state index contributed by atoms with van der Waals surface area (Å²) in [6.45, 7) is 4.35. The highest BCUT2D eigenvalue weighted by atomic mass is 35.5. The molecule has 0 spiro atoms. The Labute approximate surface area is 215 Å². The smallest absolute Gasteiger partial charge is 0.251 e. The number of hydrogen-bond donors (Lipinski definition) is 5. The number of nitrogens with one attached hydrogen (secondary N) is 2. The second-order valence-corrected chi connectivity index (χ2v) is 9.85. The number of benzene rings is 3. The summed E-state index contributed by atoms with van der Waals surface area (Å²) in [6.07, 6.45) is 0.288. The Balaban J connectivity index is 1.54. The van der Waals surface area contributed by atoms with Crippen molar-refractivity contribution in [1.82, 2.24) is 10.6 Å². The summed E-state index contributed by atoms with van der Waals surface area (Å²) in [4.78, 5) is 12.7. The third-order valence-corrected chi connectivity index (χ3v) is 6.31. The van der Waals surface area contributed by atoms with Crippen LogP contribution in [-0.2, 0) is 19.4 Å². The highest BCUT2D eigenvalue weighted by molar-refractivity contribution is 6.31. The van der Waals surface area contributed by atoms with Gasteiger partial charge in [0.15, 0.2) is 0 Å². The number of carbonyl (C=O) groups excluding carboxylic acids is 1. The number of phenols is 1. The summed E-state index contributed by atoms with van der Waals surface area (Å²) >= 11 is 6.05. The largest absolute Gasteiger partial charge is 0.508 e. The molecule has 3 aromatic rings. The Bertz CT molecular complexity index is 1200. The third-order valence-electron chi connectivity index (χ3n) is 5.96. The van der Waals surface area contributed by atoms with Gasteiger partial charge in [-0.05, 0) is 79.8 Å². The van der Waals surface area contributed by atoms with Gasteiger partial charge in [-0.15, -0.1) is 0 Å². The number of hydrogen-bond acceptors (Lipinski definition) is 5. The van der Waals surface area contributed by atoms with E-state index in [9.17, 15) is 24.5 Å². The lowest BCUT2D eigenvalue weighted by molar-refractivity contribution is 0.0954. The van der Waals surface area contributed by atoms with Gasteiger partial charge in [-0.1, -0.05) is 35.9 Å². The summed E-state index contributed by atoms with van der Waals surface area (Å²) in [6, 6.07) is 16.3. The van der Waals surface area contributed by atoms with Crippen LogP contribution in [0.5, 0.6) is 5.75 Å². The van der Waals surface area contributed by atoms with Crippen molar-refractivity contribution in [3.05, 3.63) is 99.3 Å². The maximum absolute atomic E-state index is 13.2. The molecule has 192 valence electrons. The number of aliphatic hydroxyl groups excluding tert-OH is 2. The van der Waals surface area contributed by atoms with Gasteiger partial charge >= 0.3 is 0 Å². The molecule has 3 aromatic carbocycles. The van der Waals surface area contributed by atoms with E-state index in [2.05, 4.69) is 10.6 Å². The molecule has 0 unspecified atom stereocenters. The van der Waals surface area contributed by atoms with Crippen LogP contribution in [0.2, 0.25) is 5.02 Å². The lowest BCUT2D eigenvalue weighted by Crippen LogP contribution is -2.43. The zero-order valence-corrected chi connectivity index (χ0v) is 21.1. The van der Waals surface area contributed by atoms with Crippen LogP contribution in [0.3, 0.4) is 0 Å². The van der Waals surface area contributed by atoms with Crippen molar-refractivity contribution >= 4 is 17.5 Å². The molecule has 0 radical (unpaired) electrons. The third kappa shape index (κ3) is 7.77. The Morgan fingerprint density at radius 2 is 1.86 bits per heavy atom. The zero-order chi connectivity index (χ0) is 26.3. The molecule has 36 heavy (non-hydrogen) atoms. The first-order valence-electron chi connectivity index (χ1n) is 11.7. The molecule has 0 aliphatic rings. The molecule has 1 amide bonds. The SMILES string of the molecule is CC(C)(Cc1cccc(C(=O)NCCc2ccc(F)cc2Cl)c1)NC[C@@H](O)c1ccc(O)c(CO)c1. The molecular weight excluding hydrogens is 483 g/mol. The quantitative estimate of drug-likeness (QED) is 0.263. The van der Waals surface area contributed by atoms with Gasteiger partial charge in [-0.25, -0.2) is 4.39 Å². The van der Waals surface area contributed by atoms with Crippen molar-refractivity contribution in [2.24, 2.45) is 0 Å². The number of aliphatic hydroxyl groups is 2. The van der Waals surface area contributed by atoms with Gasteiger partial charge in [-0.2, -0.15) is 0 Å². The first-order chi connectivity index (χ1) is 17.1. The van der Waals surface area contributed by atoms with Crippen molar-refractivity contribution in [3.8, 4) is 5.75 Å². The van der Waals surface area contributed by atoms with E-state index in [0.717, 1.165) is 11.1 Å². The minimum atomic E-state index is -0.818. The minimum Gasteiger partial charge on any atom is -0.508 e. The molecule has 1 atom stereocenters. The van der Waals surface area contributed by atoms with E-state index in [1.807, 2.05) is 32.0 Å². The fourth-order valence-corrected chi connectivity index (χ4v) is 4.22. The molecule has 5 N–H and O–H groups in total. The molecule has 0 heterocycles. The molecule has 0 aliphatic heterocycles. The average molecular weight is 515 g/mol. The minimum absolute atomic E-state index is 0.00934.